The van der Waals surface area contributed by atoms with Gasteiger partial charge < -0.3 is 9.47 Å². The van der Waals surface area contributed by atoms with E-state index >= 15 is 0 Å². The minimum Gasteiger partial charge on any atom is -0.460 e. The van der Waals surface area contributed by atoms with Crippen LogP contribution >= 0.6 is 11.6 Å². The highest BCUT2D eigenvalue weighted by Crippen LogP contribution is 2.12. The summed E-state index contributed by atoms with van der Waals surface area (Å²) in [6.45, 7) is 7.22. The van der Waals surface area contributed by atoms with Gasteiger partial charge in [0.15, 0.2) is 0 Å². The number of esters is 2. The van der Waals surface area contributed by atoms with Crippen LogP contribution in [-0.2, 0) is 19.1 Å². The minimum atomic E-state index is -0.606. The largest absolute Gasteiger partial charge is 0.460 e. The van der Waals surface area contributed by atoms with Crippen LogP contribution < -0.4 is 0 Å². The van der Waals surface area contributed by atoms with E-state index in [1.165, 1.54) is 0 Å². The Kier molecular flexibility index (Phi) is 7.19. The fourth-order valence-electron chi connectivity index (χ4n) is 1.15. The third-order valence-electron chi connectivity index (χ3n) is 1.74. The van der Waals surface area contributed by atoms with E-state index in [0.717, 1.165) is 0 Å². The van der Waals surface area contributed by atoms with Crippen LogP contribution in [0, 0.1) is 0 Å². The van der Waals surface area contributed by atoms with Gasteiger partial charge >= 0.3 is 11.9 Å². The van der Waals surface area contributed by atoms with E-state index in [0.29, 0.717) is 12.8 Å². The minimum absolute atomic E-state index is 0.00375. The highest BCUT2D eigenvalue weighted by Gasteiger charge is 2.22. The summed E-state index contributed by atoms with van der Waals surface area (Å²) in [7, 11) is 0. The lowest BCUT2D eigenvalue weighted by molar-refractivity contribution is -0.160. The van der Waals surface area contributed by atoms with Crippen molar-refractivity contribution in [3.05, 3.63) is 0 Å². The van der Waals surface area contributed by atoms with Crippen molar-refractivity contribution in [3.63, 3.8) is 0 Å². The third kappa shape index (κ3) is 8.98. The van der Waals surface area contributed by atoms with Crippen LogP contribution in [-0.4, -0.2) is 29.5 Å². The average Bonchev–Trinajstić information content (AvgIpc) is 2.13. The van der Waals surface area contributed by atoms with Gasteiger partial charge in [-0.25, -0.2) is 0 Å². The standard InChI is InChI=1S/C12H21ClO4/c1-5-6-10(14)16-9(8-13)7-11(15)17-12(2,3)4/h9H,5-8H2,1-4H3/t9-/m0/s1. The van der Waals surface area contributed by atoms with Crippen LogP contribution in [0.3, 0.4) is 0 Å². The van der Waals surface area contributed by atoms with Crippen molar-refractivity contribution >= 4 is 23.5 Å². The molecule has 0 aromatic heterocycles. The van der Waals surface area contributed by atoms with Crippen LogP contribution in [0.4, 0.5) is 0 Å². The monoisotopic (exact) mass is 264 g/mol. The Labute approximate surface area is 108 Å². The molecule has 0 aliphatic heterocycles. The molecule has 0 aromatic rings. The summed E-state index contributed by atoms with van der Waals surface area (Å²) in [6, 6.07) is 0. The molecule has 4 nitrogen and oxygen atoms in total. The van der Waals surface area contributed by atoms with Crippen molar-refractivity contribution in [2.24, 2.45) is 0 Å². The number of ether oxygens (including phenoxy) is 2. The zero-order valence-corrected chi connectivity index (χ0v) is 11.7. The van der Waals surface area contributed by atoms with Crippen LogP contribution in [0.15, 0.2) is 0 Å². The highest BCUT2D eigenvalue weighted by atomic mass is 35.5. The maximum atomic E-state index is 11.5. The van der Waals surface area contributed by atoms with Crippen molar-refractivity contribution in [1.29, 1.82) is 0 Å². The summed E-state index contributed by atoms with van der Waals surface area (Å²) in [5, 5.41) is 0. The Balaban J connectivity index is 4.13. The summed E-state index contributed by atoms with van der Waals surface area (Å²) in [4.78, 5) is 22.7. The molecule has 0 saturated carbocycles. The topological polar surface area (TPSA) is 52.6 Å². The Bertz CT molecular complexity index is 258. The molecule has 0 unspecified atom stereocenters. The van der Waals surface area contributed by atoms with Gasteiger partial charge in [0.25, 0.3) is 0 Å². The molecule has 1 atom stereocenters. The number of alkyl halides is 1. The normalized spacial score (nSPS) is 13.0. The Hall–Kier alpha value is -0.770. The zero-order chi connectivity index (χ0) is 13.5. The predicted molar refractivity (Wildman–Crippen MR) is 66.0 cm³/mol. The van der Waals surface area contributed by atoms with Gasteiger partial charge in [-0.05, 0) is 27.2 Å². The summed E-state index contributed by atoms with van der Waals surface area (Å²) in [6.07, 6.45) is 0.434. The van der Waals surface area contributed by atoms with Crippen LogP contribution in [0.25, 0.3) is 0 Å². The van der Waals surface area contributed by atoms with Gasteiger partial charge in [0, 0.05) is 6.42 Å². The van der Waals surface area contributed by atoms with Gasteiger partial charge in [-0.3, -0.25) is 9.59 Å². The van der Waals surface area contributed by atoms with Gasteiger partial charge in [-0.1, -0.05) is 6.92 Å². The number of carbonyl (C=O) groups excluding carboxylic acids is 2. The lowest BCUT2D eigenvalue weighted by Crippen LogP contribution is -2.29. The molecule has 17 heavy (non-hydrogen) atoms. The number of halogens is 1. The molecule has 0 bridgehead atoms. The van der Waals surface area contributed by atoms with Crippen LogP contribution in [0.2, 0.25) is 0 Å². The molecular weight excluding hydrogens is 244 g/mol. The molecule has 5 heteroatoms. The van der Waals surface area contributed by atoms with Gasteiger partial charge in [-0.15, -0.1) is 11.6 Å². The SMILES string of the molecule is CCCC(=O)O[C@H](CCl)CC(=O)OC(C)(C)C. The summed E-state index contributed by atoms with van der Waals surface area (Å²) in [5.74, 6) is -0.650. The maximum Gasteiger partial charge on any atom is 0.310 e. The second-order valence-corrected chi connectivity index (χ2v) is 5.12. The second kappa shape index (κ2) is 7.54. The Morgan fingerprint density at radius 2 is 1.82 bits per heavy atom. The van der Waals surface area contributed by atoms with Gasteiger partial charge in [0.2, 0.25) is 0 Å². The first-order valence-electron chi connectivity index (χ1n) is 5.75. The van der Waals surface area contributed by atoms with Gasteiger partial charge in [-0.2, -0.15) is 0 Å². The number of hydrogen-bond acceptors (Lipinski definition) is 4. The molecule has 0 fully saturated rings. The first kappa shape index (κ1) is 16.2. The zero-order valence-electron chi connectivity index (χ0n) is 10.9. The quantitative estimate of drug-likeness (QED) is 0.547. The molecule has 0 spiro atoms. The Morgan fingerprint density at radius 1 is 1.24 bits per heavy atom. The molecule has 0 aliphatic rings. The molecule has 0 amide bonds. The van der Waals surface area contributed by atoms with Crippen molar-refractivity contribution in [2.75, 3.05) is 5.88 Å². The van der Waals surface area contributed by atoms with E-state index in [9.17, 15) is 9.59 Å². The van der Waals surface area contributed by atoms with Gasteiger partial charge in [0.1, 0.15) is 11.7 Å². The molecule has 0 saturated heterocycles. The third-order valence-corrected chi connectivity index (χ3v) is 2.08. The van der Waals surface area contributed by atoms with Crippen molar-refractivity contribution in [3.8, 4) is 0 Å². The molecule has 0 aliphatic carbocycles. The van der Waals surface area contributed by atoms with E-state index < -0.39 is 17.7 Å². The van der Waals surface area contributed by atoms with Crippen molar-refractivity contribution < 1.29 is 19.1 Å². The van der Waals surface area contributed by atoms with E-state index in [4.69, 9.17) is 21.1 Å². The number of carbonyl (C=O) groups is 2. The lowest BCUT2D eigenvalue weighted by Gasteiger charge is -2.21. The molecule has 0 N–H and O–H groups in total. The predicted octanol–water partition coefficient (Wildman–Crippen LogP) is 2.67. The van der Waals surface area contributed by atoms with Crippen molar-refractivity contribution in [2.45, 2.75) is 58.7 Å². The fourth-order valence-corrected chi connectivity index (χ4v) is 1.32. The molecular formula is C12H21ClO4. The molecule has 0 heterocycles. The fraction of sp³-hybridized carbons (Fsp3) is 0.833. The number of hydrogen-bond donors (Lipinski definition) is 0. The van der Waals surface area contributed by atoms with Crippen LogP contribution in [0.5, 0.6) is 0 Å². The molecule has 0 rings (SSSR count). The number of rotatable bonds is 6. The lowest BCUT2D eigenvalue weighted by atomic mass is 10.2. The van der Waals surface area contributed by atoms with E-state index in [2.05, 4.69) is 0 Å². The first-order chi connectivity index (χ1) is 7.78. The van der Waals surface area contributed by atoms with E-state index in [1.54, 1.807) is 20.8 Å². The average molecular weight is 265 g/mol. The maximum absolute atomic E-state index is 11.5. The molecule has 0 radical (unpaired) electrons. The van der Waals surface area contributed by atoms with Gasteiger partial charge in [0.05, 0.1) is 12.3 Å². The van der Waals surface area contributed by atoms with E-state index in [1.807, 2.05) is 6.92 Å². The smallest absolute Gasteiger partial charge is 0.310 e. The van der Waals surface area contributed by atoms with Crippen molar-refractivity contribution in [1.82, 2.24) is 0 Å². The first-order valence-corrected chi connectivity index (χ1v) is 6.29. The summed E-state index contributed by atoms with van der Waals surface area (Å²) >= 11 is 5.64. The summed E-state index contributed by atoms with van der Waals surface area (Å²) < 4.78 is 10.2. The summed E-state index contributed by atoms with van der Waals surface area (Å²) in [5.41, 5.74) is -0.540. The highest BCUT2D eigenvalue weighted by molar-refractivity contribution is 6.18. The van der Waals surface area contributed by atoms with E-state index in [-0.39, 0.29) is 18.3 Å². The Morgan fingerprint density at radius 3 is 2.24 bits per heavy atom. The van der Waals surface area contributed by atoms with Crippen LogP contribution in [0.1, 0.15) is 47.0 Å². The second-order valence-electron chi connectivity index (χ2n) is 4.81. The molecule has 0 aromatic carbocycles. The molecule has 100 valence electrons.